The molecular weight excluding hydrogens is 342 g/mol. The Morgan fingerprint density at radius 1 is 1.21 bits per heavy atom. The van der Waals surface area contributed by atoms with Crippen molar-refractivity contribution >= 4 is 40.2 Å². The minimum Gasteiger partial charge on any atom is -0.466 e. The molecule has 2 aromatic carbocycles. The highest BCUT2D eigenvalue weighted by molar-refractivity contribution is 7.99. The van der Waals surface area contributed by atoms with Gasteiger partial charge in [0.1, 0.15) is 0 Å². The molecule has 0 spiro atoms. The van der Waals surface area contributed by atoms with Crippen LogP contribution in [-0.2, 0) is 16.0 Å². The van der Waals surface area contributed by atoms with Crippen LogP contribution in [0.5, 0.6) is 0 Å². The Kier molecular flexibility index (Phi) is 5.17. The fraction of sp³-hybridized carbons (Fsp3) is 0.211. The number of carbonyl (C=O) groups excluding carboxylic acids is 1. The molecule has 0 saturated heterocycles. The standard InChI is InChI=1S/C19H18ClNO2S/c1-12-19(17-8-5-15(20)11-18(17)21-12)24-16-6-3-14(4-7-16)9-10-23-13(2)22/h3-8,11,21H,9-10H2,1-2H3. The molecule has 3 aromatic rings. The van der Waals surface area contributed by atoms with Gasteiger partial charge in [-0.15, -0.1) is 0 Å². The number of hydrogen-bond acceptors (Lipinski definition) is 3. The lowest BCUT2D eigenvalue weighted by Gasteiger charge is -2.05. The maximum atomic E-state index is 10.8. The molecule has 0 saturated carbocycles. The van der Waals surface area contributed by atoms with Gasteiger partial charge in [-0.1, -0.05) is 41.6 Å². The molecule has 124 valence electrons. The van der Waals surface area contributed by atoms with Crippen molar-refractivity contribution in [1.82, 2.24) is 4.98 Å². The minimum atomic E-state index is -0.239. The van der Waals surface area contributed by atoms with E-state index in [4.69, 9.17) is 16.3 Å². The van der Waals surface area contributed by atoms with Gasteiger partial charge in [0.25, 0.3) is 0 Å². The van der Waals surface area contributed by atoms with Crippen LogP contribution in [0, 0.1) is 6.92 Å². The van der Waals surface area contributed by atoms with Crippen LogP contribution in [0.25, 0.3) is 10.9 Å². The van der Waals surface area contributed by atoms with Crippen molar-refractivity contribution in [2.24, 2.45) is 0 Å². The lowest BCUT2D eigenvalue weighted by molar-refractivity contribution is -0.140. The third-order valence-electron chi connectivity index (χ3n) is 3.73. The molecule has 0 fully saturated rings. The molecule has 3 nitrogen and oxygen atoms in total. The molecule has 1 N–H and O–H groups in total. The average molecular weight is 360 g/mol. The lowest BCUT2D eigenvalue weighted by atomic mass is 10.2. The molecule has 24 heavy (non-hydrogen) atoms. The zero-order valence-corrected chi connectivity index (χ0v) is 15.1. The molecule has 1 aromatic heterocycles. The average Bonchev–Trinajstić information content (AvgIpc) is 2.83. The number of hydrogen-bond donors (Lipinski definition) is 1. The summed E-state index contributed by atoms with van der Waals surface area (Å²) in [6.45, 7) is 3.92. The summed E-state index contributed by atoms with van der Waals surface area (Å²) in [6.07, 6.45) is 0.731. The summed E-state index contributed by atoms with van der Waals surface area (Å²) in [5, 5.41) is 1.92. The minimum absolute atomic E-state index is 0.239. The van der Waals surface area contributed by atoms with Gasteiger partial charge in [-0.25, -0.2) is 0 Å². The summed E-state index contributed by atoms with van der Waals surface area (Å²) in [5.41, 5.74) is 3.35. The van der Waals surface area contributed by atoms with E-state index in [9.17, 15) is 4.79 Å². The summed E-state index contributed by atoms with van der Waals surface area (Å²) >= 11 is 7.79. The van der Waals surface area contributed by atoms with Gasteiger partial charge in [0.15, 0.2) is 0 Å². The Morgan fingerprint density at radius 2 is 1.96 bits per heavy atom. The molecule has 0 amide bonds. The number of nitrogens with one attached hydrogen (secondary N) is 1. The molecule has 0 aliphatic carbocycles. The number of rotatable bonds is 5. The zero-order chi connectivity index (χ0) is 17.1. The number of ether oxygens (including phenoxy) is 1. The number of fused-ring (bicyclic) bond motifs is 1. The Labute approximate surface area is 150 Å². The van der Waals surface area contributed by atoms with E-state index in [1.54, 1.807) is 11.8 Å². The van der Waals surface area contributed by atoms with Crippen LogP contribution in [0.2, 0.25) is 5.02 Å². The number of carbonyl (C=O) groups is 1. The van der Waals surface area contributed by atoms with E-state index in [2.05, 4.69) is 42.2 Å². The van der Waals surface area contributed by atoms with Crippen molar-refractivity contribution in [3.05, 3.63) is 58.7 Å². The number of halogens is 1. The number of H-pyrrole nitrogens is 1. The van der Waals surface area contributed by atoms with Gasteiger partial charge in [0.2, 0.25) is 0 Å². The fourth-order valence-electron chi connectivity index (χ4n) is 2.56. The Balaban J connectivity index is 1.74. The van der Waals surface area contributed by atoms with Crippen LogP contribution < -0.4 is 0 Å². The van der Waals surface area contributed by atoms with Crippen LogP contribution in [0.15, 0.2) is 52.3 Å². The number of aryl methyl sites for hydroxylation is 1. The Hall–Kier alpha value is -1.91. The molecule has 3 rings (SSSR count). The van der Waals surface area contributed by atoms with E-state index < -0.39 is 0 Å². The van der Waals surface area contributed by atoms with Crippen molar-refractivity contribution in [3.63, 3.8) is 0 Å². The van der Waals surface area contributed by atoms with Crippen LogP contribution in [-0.4, -0.2) is 17.6 Å². The number of esters is 1. The summed E-state index contributed by atoms with van der Waals surface area (Å²) in [6, 6.07) is 14.3. The van der Waals surface area contributed by atoms with Crippen molar-refractivity contribution in [2.45, 2.75) is 30.1 Å². The quantitative estimate of drug-likeness (QED) is 0.621. The molecule has 0 aliphatic heterocycles. The Bertz CT molecular complexity index is 871. The van der Waals surface area contributed by atoms with Crippen molar-refractivity contribution < 1.29 is 9.53 Å². The largest absolute Gasteiger partial charge is 0.466 e. The van der Waals surface area contributed by atoms with Gasteiger partial charge in [0, 0.05) is 44.8 Å². The molecule has 0 aliphatic rings. The van der Waals surface area contributed by atoms with Gasteiger partial charge in [-0.05, 0) is 36.8 Å². The first-order chi connectivity index (χ1) is 11.5. The second-order valence-electron chi connectivity index (χ2n) is 5.61. The van der Waals surface area contributed by atoms with Crippen LogP contribution in [0.4, 0.5) is 0 Å². The first kappa shape index (κ1) is 16.9. The molecular formula is C19H18ClNO2S. The topological polar surface area (TPSA) is 42.1 Å². The first-order valence-electron chi connectivity index (χ1n) is 7.71. The molecule has 0 atom stereocenters. The highest BCUT2D eigenvalue weighted by Crippen LogP contribution is 2.37. The predicted octanol–water partition coefficient (Wildman–Crippen LogP) is 5.39. The van der Waals surface area contributed by atoms with Crippen molar-refractivity contribution in [1.29, 1.82) is 0 Å². The van der Waals surface area contributed by atoms with E-state index >= 15 is 0 Å². The highest BCUT2D eigenvalue weighted by atomic mass is 35.5. The number of aromatic nitrogens is 1. The molecule has 0 bridgehead atoms. The highest BCUT2D eigenvalue weighted by Gasteiger charge is 2.10. The second kappa shape index (κ2) is 7.32. The van der Waals surface area contributed by atoms with E-state index in [0.717, 1.165) is 28.2 Å². The van der Waals surface area contributed by atoms with Gasteiger partial charge in [-0.3, -0.25) is 4.79 Å². The molecule has 5 heteroatoms. The van der Waals surface area contributed by atoms with Gasteiger partial charge >= 0.3 is 5.97 Å². The van der Waals surface area contributed by atoms with E-state index in [1.807, 2.05) is 12.1 Å². The molecule has 0 radical (unpaired) electrons. The van der Waals surface area contributed by atoms with Gasteiger partial charge < -0.3 is 9.72 Å². The van der Waals surface area contributed by atoms with Crippen LogP contribution >= 0.6 is 23.4 Å². The molecule has 0 unspecified atom stereocenters. The smallest absolute Gasteiger partial charge is 0.302 e. The van der Waals surface area contributed by atoms with Crippen LogP contribution in [0.1, 0.15) is 18.2 Å². The monoisotopic (exact) mass is 359 g/mol. The molecule has 1 heterocycles. The second-order valence-corrected chi connectivity index (χ2v) is 7.13. The third-order valence-corrected chi connectivity index (χ3v) is 5.20. The third kappa shape index (κ3) is 3.94. The summed E-state index contributed by atoms with van der Waals surface area (Å²) in [7, 11) is 0. The summed E-state index contributed by atoms with van der Waals surface area (Å²) in [5.74, 6) is -0.239. The normalized spacial score (nSPS) is 11.0. The van der Waals surface area contributed by atoms with Crippen LogP contribution in [0.3, 0.4) is 0 Å². The summed E-state index contributed by atoms with van der Waals surface area (Å²) in [4.78, 5) is 16.6. The predicted molar refractivity (Wildman–Crippen MR) is 98.9 cm³/mol. The van der Waals surface area contributed by atoms with Gasteiger partial charge in [-0.2, -0.15) is 0 Å². The fourth-order valence-corrected chi connectivity index (χ4v) is 3.74. The Morgan fingerprint density at radius 3 is 2.67 bits per heavy atom. The number of aromatic amines is 1. The van der Waals surface area contributed by atoms with Crippen molar-refractivity contribution in [2.75, 3.05) is 6.61 Å². The first-order valence-corrected chi connectivity index (χ1v) is 8.90. The lowest BCUT2D eigenvalue weighted by Crippen LogP contribution is -2.03. The van der Waals surface area contributed by atoms with Gasteiger partial charge in [0.05, 0.1) is 6.61 Å². The maximum absolute atomic E-state index is 10.8. The number of benzene rings is 2. The van der Waals surface area contributed by atoms with E-state index in [1.165, 1.54) is 22.1 Å². The SMILES string of the molecule is CC(=O)OCCc1ccc(Sc2c(C)[nH]c3cc(Cl)ccc23)cc1. The maximum Gasteiger partial charge on any atom is 0.302 e. The summed E-state index contributed by atoms with van der Waals surface area (Å²) < 4.78 is 4.98. The zero-order valence-electron chi connectivity index (χ0n) is 13.6. The van der Waals surface area contributed by atoms with E-state index in [-0.39, 0.29) is 5.97 Å². The van der Waals surface area contributed by atoms with Crippen molar-refractivity contribution in [3.8, 4) is 0 Å². The van der Waals surface area contributed by atoms with E-state index in [0.29, 0.717) is 6.61 Å².